The summed E-state index contributed by atoms with van der Waals surface area (Å²) in [4.78, 5) is 14.9. The van der Waals surface area contributed by atoms with Crippen molar-refractivity contribution in [3.8, 4) is 0 Å². The van der Waals surface area contributed by atoms with Gasteiger partial charge in [0.2, 0.25) is 0 Å². The van der Waals surface area contributed by atoms with Crippen LogP contribution >= 0.6 is 0 Å². The molecule has 7 nitrogen and oxygen atoms in total. The summed E-state index contributed by atoms with van der Waals surface area (Å²) in [5.74, 6) is -0.168. The van der Waals surface area contributed by atoms with Gasteiger partial charge in [0.25, 0.3) is 5.91 Å². The zero-order chi connectivity index (χ0) is 18.5. The van der Waals surface area contributed by atoms with Crippen molar-refractivity contribution in [2.45, 2.75) is 31.8 Å². The minimum absolute atomic E-state index is 0.0952. The molecule has 7 heteroatoms. The van der Waals surface area contributed by atoms with E-state index in [2.05, 4.69) is 25.8 Å². The number of carbonyl (C=O) groups excluding carboxylic acids is 1. The number of hydrogen-bond donors (Lipinski definition) is 2. The van der Waals surface area contributed by atoms with Crippen LogP contribution in [-0.2, 0) is 0 Å². The summed E-state index contributed by atoms with van der Waals surface area (Å²) in [6.07, 6.45) is 2.02. The van der Waals surface area contributed by atoms with Crippen LogP contribution in [0.1, 0.15) is 46.7 Å². The zero-order valence-electron chi connectivity index (χ0n) is 15.8. The summed E-state index contributed by atoms with van der Waals surface area (Å²) in [6.45, 7) is 4.60. The first kappa shape index (κ1) is 18.5. The van der Waals surface area contributed by atoms with Crippen LogP contribution in [0.4, 0.5) is 0 Å². The second-order valence-corrected chi connectivity index (χ2v) is 7.15. The molecule has 26 heavy (non-hydrogen) atoms. The molecule has 140 valence electrons. The number of hydrogen-bond acceptors (Lipinski definition) is 5. The Morgan fingerprint density at radius 3 is 2.65 bits per heavy atom. The molecule has 0 radical (unpaired) electrons. The lowest BCUT2D eigenvalue weighted by Gasteiger charge is -2.24. The molecule has 0 spiro atoms. The molecule has 1 atom stereocenters. The predicted molar refractivity (Wildman–Crippen MR) is 101 cm³/mol. The highest BCUT2D eigenvalue weighted by Crippen LogP contribution is 2.21. The van der Waals surface area contributed by atoms with E-state index in [0.29, 0.717) is 11.7 Å². The minimum Gasteiger partial charge on any atom is -0.342 e. The maximum Gasteiger partial charge on any atom is 0.274 e. The maximum atomic E-state index is 12.9. The van der Waals surface area contributed by atoms with Crippen LogP contribution in [0.2, 0.25) is 0 Å². The van der Waals surface area contributed by atoms with Crippen molar-refractivity contribution in [2.24, 2.45) is 0 Å². The number of rotatable bonds is 6. The first-order chi connectivity index (χ1) is 12.6. The Kier molecular flexibility index (Phi) is 6.00. The van der Waals surface area contributed by atoms with Crippen molar-refractivity contribution < 1.29 is 4.79 Å². The molecule has 1 aliphatic heterocycles. The van der Waals surface area contributed by atoms with Crippen LogP contribution in [-0.4, -0.2) is 59.5 Å². The number of nitrogens with zero attached hydrogens (tertiary/aromatic N) is 4. The second kappa shape index (κ2) is 8.42. The van der Waals surface area contributed by atoms with Crippen LogP contribution in [0.3, 0.4) is 0 Å². The SMILES string of the molecule is Cc1c(C(=O)NC(CN(C)C)c2ccccc2)nnn1C1CCNCC1. The molecule has 0 aliphatic carbocycles. The van der Waals surface area contributed by atoms with Crippen LogP contribution in [0.25, 0.3) is 0 Å². The van der Waals surface area contributed by atoms with Gasteiger partial charge in [-0.15, -0.1) is 5.10 Å². The number of likely N-dealkylation sites (N-methyl/N-ethyl adjacent to an activating group) is 1. The summed E-state index contributed by atoms with van der Waals surface area (Å²) in [5.41, 5.74) is 2.34. The van der Waals surface area contributed by atoms with E-state index in [1.54, 1.807) is 0 Å². The lowest BCUT2D eigenvalue weighted by molar-refractivity contribution is 0.0924. The maximum absolute atomic E-state index is 12.9. The van der Waals surface area contributed by atoms with E-state index in [0.717, 1.165) is 43.7 Å². The molecule has 1 aromatic heterocycles. The number of amides is 1. The summed E-state index contributed by atoms with van der Waals surface area (Å²) in [5, 5.41) is 14.9. The Balaban J connectivity index is 1.76. The normalized spacial score (nSPS) is 16.6. The minimum atomic E-state index is -0.168. The zero-order valence-corrected chi connectivity index (χ0v) is 15.8. The summed E-state index contributed by atoms with van der Waals surface area (Å²) in [6, 6.07) is 10.2. The quantitative estimate of drug-likeness (QED) is 0.821. The van der Waals surface area contributed by atoms with Crippen LogP contribution < -0.4 is 10.6 Å². The summed E-state index contributed by atoms with van der Waals surface area (Å²) >= 11 is 0. The van der Waals surface area contributed by atoms with Gasteiger partial charge in [-0.05, 0) is 52.5 Å². The molecular weight excluding hydrogens is 328 g/mol. The predicted octanol–water partition coefficient (Wildman–Crippen LogP) is 1.54. The van der Waals surface area contributed by atoms with Crippen LogP contribution in [0.15, 0.2) is 30.3 Å². The van der Waals surface area contributed by atoms with Crippen molar-refractivity contribution in [1.29, 1.82) is 0 Å². The number of benzene rings is 1. The molecule has 1 saturated heterocycles. The van der Waals surface area contributed by atoms with Crippen LogP contribution in [0.5, 0.6) is 0 Å². The van der Waals surface area contributed by atoms with Crippen molar-refractivity contribution in [2.75, 3.05) is 33.7 Å². The highest BCUT2D eigenvalue weighted by Gasteiger charge is 2.24. The average Bonchev–Trinajstić information content (AvgIpc) is 3.04. The molecule has 1 aliphatic rings. The van der Waals surface area contributed by atoms with Crippen molar-refractivity contribution in [1.82, 2.24) is 30.5 Å². The van der Waals surface area contributed by atoms with E-state index in [-0.39, 0.29) is 11.9 Å². The van der Waals surface area contributed by atoms with Gasteiger partial charge in [0.15, 0.2) is 5.69 Å². The van der Waals surface area contributed by atoms with E-state index in [1.807, 2.05) is 56.0 Å². The van der Waals surface area contributed by atoms with Gasteiger partial charge < -0.3 is 15.5 Å². The largest absolute Gasteiger partial charge is 0.342 e. The molecule has 2 N–H and O–H groups in total. The number of nitrogens with one attached hydrogen (secondary N) is 2. The van der Waals surface area contributed by atoms with Gasteiger partial charge in [-0.25, -0.2) is 4.68 Å². The van der Waals surface area contributed by atoms with Crippen molar-refractivity contribution in [3.63, 3.8) is 0 Å². The Morgan fingerprint density at radius 1 is 1.31 bits per heavy atom. The van der Waals surface area contributed by atoms with Gasteiger partial charge in [0.05, 0.1) is 17.8 Å². The van der Waals surface area contributed by atoms with E-state index in [4.69, 9.17) is 0 Å². The summed E-state index contributed by atoms with van der Waals surface area (Å²) < 4.78 is 1.92. The van der Waals surface area contributed by atoms with E-state index in [1.165, 1.54) is 0 Å². The van der Waals surface area contributed by atoms with E-state index in [9.17, 15) is 4.79 Å². The summed E-state index contributed by atoms with van der Waals surface area (Å²) in [7, 11) is 4.00. The standard InChI is InChI=1S/C19H28N6O/c1-14-18(22-23-25(14)16-9-11-20-12-10-16)19(26)21-17(13-24(2)3)15-7-5-4-6-8-15/h4-8,16-17,20H,9-13H2,1-3H3,(H,21,26). The third-order valence-corrected chi connectivity index (χ3v) is 4.85. The van der Waals surface area contributed by atoms with Crippen molar-refractivity contribution in [3.05, 3.63) is 47.3 Å². The smallest absolute Gasteiger partial charge is 0.274 e. The van der Waals surface area contributed by atoms with E-state index >= 15 is 0 Å². The van der Waals surface area contributed by atoms with Gasteiger partial charge in [0, 0.05) is 6.54 Å². The number of piperidine rings is 1. The fourth-order valence-electron chi connectivity index (χ4n) is 3.46. The number of aromatic nitrogens is 3. The third-order valence-electron chi connectivity index (χ3n) is 4.85. The van der Waals surface area contributed by atoms with Crippen molar-refractivity contribution >= 4 is 5.91 Å². The van der Waals surface area contributed by atoms with Gasteiger partial charge in [-0.1, -0.05) is 35.5 Å². The molecule has 1 aromatic carbocycles. The fraction of sp³-hybridized carbons (Fsp3) is 0.526. The Morgan fingerprint density at radius 2 is 2.00 bits per heavy atom. The molecule has 2 aromatic rings. The molecular formula is C19H28N6O. The number of carbonyl (C=O) groups is 1. The first-order valence-corrected chi connectivity index (χ1v) is 9.19. The Hall–Kier alpha value is -2.25. The molecule has 1 amide bonds. The highest BCUT2D eigenvalue weighted by atomic mass is 16.2. The molecule has 1 fully saturated rings. The molecule has 3 rings (SSSR count). The fourth-order valence-corrected chi connectivity index (χ4v) is 3.46. The van der Waals surface area contributed by atoms with Gasteiger partial charge in [0.1, 0.15) is 0 Å². The Labute approximate surface area is 154 Å². The molecule has 2 heterocycles. The van der Waals surface area contributed by atoms with Gasteiger partial charge in [-0.3, -0.25) is 4.79 Å². The molecule has 1 unspecified atom stereocenters. The third kappa shape index (κ3) is 4.28. The molecule has 0 bridgehead atoms. The lowest BCUT2D eigenvalue weighted by Crippen LogP contribution is -2.36. The van der Waals surface area contributed by atoms with Gasteiger partial charge >= 0.3 is 0 Å². The van der Waals surface area contributed by atoms with Crippen LogP contribution in [0, 0.1) is 6.92 Å². The van der Waals surface area contributed by atoms with E-state index < -0.39 is 0 Å². The molecule has 0 saturated carbocycles. The highest BCUT2D eigenvalue weighted by molar-refractivity contribution is 5.93. The second-order valence-electron chi connectivity index (χ2n) is 7.15. The monoisotopic (exact) mass is 356 g/mol. The topological polar surface area (TPSA) is 75.1 Å². The van der Waals surface area contributed by atoms with Gasteiger partial charge in [-0.2, -0.15) is 0 Å². The Bertz CT molecular complexity index is 721. The lowest BCUT2D eigenvalue weighted by atomic mass is 10.1. The first-order valence-electron chi connectivity index (χ1n) is 9.19. The average molecular weight is 356 g/mol.